The van der Waals surface area contributed by atoms with Gasteiger partial charge < -0.3 is 20.5 Å². The van der Waals surface area contributed by atoms with E-state index in [-0.39, 0.29) is 37.0 Å². The topological polar surface area (TPSA) is 118 Å². The summed E-state index contributed by atoms with van der Waals surface area (Å²) in [5.74, 6) is -1.46. The Kier molecular flexibility index (Phi) is 6.82. The van der Waals surface area contributed by atoms with Crippen LogP contribution in [-0.4, -0.2) is 41.2 Å². The number of alkyl carbamates (subject to hydrolysis) is 1. The predicted molar refractivity (Wildman–Crippen MR) is 131 cm³/mol. The molecule has 3 N–H and O–H groups in total. The molecule has 1 aromatic heterocycles. The summed E-state index contributed by atoms with van der Waals surface area (Å²) in [6.45, 7) is 4.14. The predicted octanol–water partition coefficient (Wildman–Crippen LogP) is 4.67. The number of hydrogen-bond donors (Lipinski definition) is 3. The number of benzene rings is 2. The van der Waals surface area contributed by atoms with Crippen LogP contribution in [0.15, 0.2) is 67.0 Å². The number of ether oxygens (including phenoxy) is 1. The standard InChI is InChI=1S/C27H27N3O5/c1-27(2,12-24(31)30-18-11-17(25(32)33)13-28-14-18)16-29-26(34)35-15-23-21-9-5-3-7-19(21)20-8-4-6-10-22(20)23/h3-11,13-14,23H,12,15-16H2,1-2H3,(H,29,34)(H,30,31)(H,32,33). The lowest BCUT2D eigenvalue weighted by molar-refractivity contribution is -0.118. The average molecular weight is 474 g/mol. The third kappa shape index (κ3) is 5.66. The molecule has 0 radical (unpaired) electrons. The molecule has 0 atom stereocenters. The lowest BCUT2D eigenvalue weighted by Crippen LogP contribution is -2.37. The molecule has 3 aromatic rings. The van der Waals surface area contributed by atoms with Crippen molar-refractivity contribution in [2.24, 2.45) is 5.41 Å². The van der Waals surface area contributed by atoms with Gasteiger partial charge in [-0.1, -0.05) is 62.4 Å². The first-order chi connectivity index (χ1) is 16.7. The second-order valence-electron chi connectivity index (χ2n) is 9.34. The molecule has 0 aliphatic heterocycles. The van der Waals surface area contributed by atoms with Crippen molar-refractivity contribution in [3.63, 3.8) is 0 Å². The van der Waals surface area contributed by atoms with Gasteiger partial charge in [0.15, 0.2) is 0 Å². The first-order valence-electron chi connectivity index (χ1n) is 11.3. The lowest BCUT2D eigenvalue weighted by atomic mass is 9.89. The van der Waals surface area contributed by atoms with Crippen molar-refractivity contribution in [3.05, 3.63) is 83.7 Å². The van der Waals surface area contributed by atoms with Crippen LogP contribution >= 0.6 is 0 Å². The maximum Gasteiger partial charge on any atom is 0.407 e. The average Bonchev–Trinajstić information content (AvgIpc) is 3.15. The van der Waals surface area contributed by atoms with E-state index in [9.17, 15) is 14.4 Å². The van der Waals surface area contributed by atoms with E-state index in [0.29, 0.717) is 5.69 Å². The number of hydrogen-bond acceptors (Lipinski definition) is 5. The van der Waals surface area contributed by atoms with Crippen molar-refractivity contribution in [1.82, 2.24) is 10.3 Å². The zero-order valence-corrected chi connectivity index (χ0v) is 19.6. The molecule has 2 amide bonds. The molecule has 0 fully saturated rings. The minimum atomic E-state index is -1.12. The summed E-state index contributed by atoms with van der Waals surface area (Å²) in [5.41, 5.74) is 4.32. The number of carboxylic acid groups (broad SMARTS) is 1. The van der Waals surface area contributed by atoms with Gasteiger partial charge in [0.1, 0.15) is 6.61 Å². The van der Waals surface area contributed by atoms with E-state index >= 15 is 0 Å². The second kappa shape index (κ2) is 9.97. The van der Waals surface area contributed by atoms with Gasteiger partial charge in [-0.2, -0.15) is 0 Å². The van der Waals surface area contributed by atoms with Gasteiger partial charge in [0, 0.05) is 25.1 Å². The Bertz CT molecular complexity index is 1230. The van der Waals surface area contributed by atoms with Crippen molar-refractivity contribution in [1.29, 1.82) is 0 Å². The summed E-state index contributed by atoms with van der Waals surface area (Å²) in [4.78, 5) is 39.8. The van der Waals surface area contributed by atoms with Gasteiger partial charge >= 0.3 is 12.1 Å². The number of fused-ring (bicyclic) bond motifs is 3. The Morgan fingerprint density at radius 2 is 1.63 bits per heavy atom. The minimum Gasteiger partial charge on any atom is -0.478 e. The minimum absolute atomic E-state index is 0.0148. The Morgan fingerprint density at radius 1 is 1.00 bits per heavy atom. The molecule has 1 aliphatic rings. The highest BCUT2D eigenvalue weighted by Gasteiger charge is 2.29. The Balaban J connectivity index is 1.29. The van der Waals surface area contributed by atoms with Gasteiger partial charge in [-0.3, -0.25) is 9.78 Å². The normalized spacial score (nSPS) is 12.4. The monoisotopic (exact) mass is 473 g/mol. The summed E-state index contributed by atoms with van der Waals surface area (Å²) >= 11 is 0. The van der Waals surface area contributed by atoms with Crippen LogP contribution in [0.5, 0.6) is 0 Å². The van der Waals surface area contributed by atoms with E-state index in [1.165, 1.54) is 18.5 Å². The number of aromatic nitrogens is 1. The summed E-state index contributed by atoms with van der Waals surface area (Å²) in [7, 11) is 0. The number of carbonyl (C=O) groups excluding carboxylic acids is 2. The largest absolute Gasteiger partial charge is 0.478 e. The Hall–Kier alpha value is -4.20. The molecular formula is C27H27N3O5. The number of nitrogens with zero attached hydrogens (tertiary/aromatic N) is 1. The molecule has 0 spiro atoms. The molecule has 8 heteroatoms. The van der Waals surface area contributed by atoms with Gasteiger partial charge in [-0.25, -0.2) is 9.59 Å². The highest BCUT2D eigenvalue weighted by molar-refractivity contribution is 5.93. The van der Waals surface area contributed by atoms with Crippen LogP contribution in [0, 0.1) is 5.41 Å². The second-order valence-corrected chi connectivity index (χ2v) is 9.34. The highest BCUT2D eigenvalue weighted by Crippen LogP contribution is 2.44. The zero-order valence-electron chi connectivity index (χ0n) is 19.6. The number of pyridine rings is 1. The summed E-state index contributed by atoms with van der Waals surface area (Å²) in [5, 5.41) is 14.5. The quantitative estimate of drug-likeness (QED) is 0.438. The first-order valence-corrected chi connectivity index (χ1v) is 11.3. The fourth-order valence-electron chi connectivity index (χ4n) is 4.29. The van der Waals surface area contributed by atoms with Gasteiger partial charge in [0.25, 0.3) is 0 Å². The van der Waals surface area contributed by atoms with Crippen LogP contribution in [-0.2, 0) is 9.53 Å². The van der Waals surface area contributed by atoms with E-state index in [4.69, 9.17) is 9.84 Å². The molecule has 4 rings (SSSR count). The SMILES string of the molecule is CC(C)(CNC(=O)OCC1c2ccccc2-c2ccccc21)CC(=O)Nc1cncc(C(=O)O)c1. The smallest absolute Gasteiger partial charge is 0.407 e. The molecule has 0 unspecified atom stereocenters. The maximum absolute atomic E-state index is 12.5. The number of aromatic carboxylic acids is 1. The Morgan fingerprint density at radius 3 is 2.26 bits per heavy atom. The van der Waals surface area contributed by atoms with Crippen molar-refractivity contribution in [2.45, 2.75) is 26.2 Å². The summed E-state index contributed by atoms with van der Waals surface area (Å²) < 4.78 is 5.56. The molecule has 0 saturated carbocycles. The third-order valence-electron chi connectivity index (χ3n) is 5.96. The fraction of sp³-hybridized carbons (Fsp3) is 0.259. The van der Waals surface area contributed by atoms with Gasteiger partial charge in [-0.15, -0.1) is 0 Å². The van der Waals surface area contributed by atoms with Crippen molar-refractivity contribution in [3.8, 4) is 11.1 Å². The van der Waals surface area contributed by atoms with Gasteiger partial charge in [0.05, 0.1) is 17.4 Å². The number of carboxylic acids is 1. The van der Waals surface area contributed by atoms with Crippen LogP contribution < -0.4 is 10.6 Å². The van der Waals surface area contributed by atoms with Crippen molar-refractivity contribution >= 4 is 23.7 Å². The van der Waals surface area contributed by atoms with Crippen molar-refractivity contribution in [2.75, 3.05) is 18.5 Å². The van der Waals surface area contributed by atoms with E-state index in [2.05, 4.69) is 39.9 Å². The van der Waals surface area contributed by atoms with Gasteiger partial charge in [-0.05, 0) is 33.7 Å². The number of anilines is 1. The fourth-order valence-corrected chi connectivity index (χ4v) is 4.29. The van der Waals surface area contributed by atoms with Crippen LogP contribution in [0.25, 0.3) is 11.1 Å². The molecule has 35 heavy (non-hydrogen) atoms. The molecular weight excluding hydrogens is 446 g/mol. The molecule has 1 aliphatic carbocycles. The third-order valence-corrected chi connectivity index (χ3v) is 5.96. The number of carbonyl (C=O) groups is 3. The van der Waals surface area contributed by atoms with Crippen LogP contribution in [0.2, 0.25) is 0 Å². The van der Waals surface area contributed by atoms with E-state index in [1.807, 2.05) is 38.1 Å². The van der Waals surface area contributed by atoms with E-state index < -0.39 is 17.5 Å². The maximum atomic E-state index is 12.5. The molecule has 0 saturated heterocycles. The summed E-state index contributed by atoms with van der Waals surface area (Å²) in [6, 6.07) is 17.6. The van der Waals surface area contributed by atoms with E-state index in [0.717, 1.165) is 22.3 Å². The van der Waals surface area contributed by atoms with E-state index in [1.54, 1.807) is 0 Å². The molecule has 2 aromatic carbocycles. The molecule has 180 valence electrons. The molecule has 1 heterocycles. The zero-order chi connectivity index (χ0) is 25.0. The molecule has 0 bridgehead atoms. The molecule has 8 nitrogen and oxygen atoms in total. The number of nitrogens with one attached hydrogen (secondary N) is 2. The first kappa shape index (κ1) is 23.9. The Labute approximate surface area is 203 Å². The summed E-state index contributed by atoms with van der Waals surface area (Å²) in [6.07, 6.45) is 2.15. The van der Waals surface area contributed by atoms with Crippen molar-refractivity contribution < 1.29 is 24.2 Å². The van der Waals surface area contributed by atoms with Crippen LogP contribution in [0.4, 0.5) is 10.5 Å². The number of amides is 2. The van der Waals surface area contributed by atoms with Gasteiger partial charge in [0.2, 0.25) is 5.91 Å². The highest BCUT2D eigenvalue weighted by atomic mass is 16.5. The number of rotatable bonds is 8. The van der Waals surface area contributed by atoms with Crippen LogP contribution in [0.1, 0.15) is 47.7 Å². The lowest BCUT2D eigenvalue weighted by Gasteiger charge is -2.24. The van der Waals surface area contributed by atoms with Crippen LogP contribution in [0.3, 0.4) is 0 Å².